The number of hydrogen-bond acceptors (Lipinski definition) is 2. The summed E-state index contributed by atoms with van der Waals surface area (Å²) in [7, 11) is 0. The van der Waals surface area contributed by atoms with Gasteiger partial charge in [0.05, 0.1) is 17.6 Å². The summed E-state index contributed by atoms with van der Waals surface area (Å²) in [6, 6.07) is 2.18. The van der Waals surface area contributed by atoms with Gasteiger partial charge in [0.1, 0.15) is 0 Å². The van der Waals surface area contributed by atoms with Gasteiger partial charge >= 0.3 is 0 Å². The predicted octanol–water partition coefficient (Wildman–Crippen LogP) is 2.72. The van der Waals surface area contributed by atoms with Gasteiger partial charge in [-0.15, -0.1) is 0 Å². The van der Waals surface area contributed by atoms with Crippen LogP contribution in [0.15, 0.2) is 0 Å². The zero-order chi connectivity index (χ0) is 11.0. The molecule has 1 saturated carbocycles. The second-order valence-corrected chi connectivity index (χ2v) is 5.61. The smallest absolute Gasteiger partial charge is 0.0828 e. The lowest BCUT2D eigenvalue weighted by Gasteiger charge is -2.46. The first-order valence-corrected chi connectivity index (χ1v) is 5.44. The number of hydrogen-bond donors (Lipinski definition) is 1. The van der Waals surface area contributed by atoms with Crippen molar-refractivity contribution >= 4 is 0 Å². The molecule has 14 heavy (non-hydrogen) atoms. The van der Waals surface area contributed by atoms with Crippen molar-refractivity contribution in [3.05, 3.63) is 0 Å². The predicted molar refractivity (Wildman–Crippen MR) is 56.5 cm³/mol. The van der Waals surface area contributed by atoms with E-state index >= 15 is 0 Å². The minimum Gasteiger partial charge on any atom is -0.388 e. The third-order valence-corrected chi connectivity index (χ3v) is 3.86. The molecule has 0 aromatic heterocycles. The van der Waals surface area contributed by atoms with Crippen LogP contribution in [0.5, 0.6) is 0 Å². The Morgan fingerprint density at radius 1 is 1.43 bits per heavy atom. The van der Waals surface area contributed by atoms with Crippen molar-refractivity contribution in [3.63, 3.8) is 0 Å². The van der Waals surface area contributed by atoms with Crippen LogP contribution < -0.4 is 0 Å². The van der Waals surface area contributed by atoms with E-state index in [9.17, 15) is 5.11 Å². The average Bonchev–Trinajstić information content (AvgIpc) is 2.10. The topological polar surface area (TPSA) is 44.0 Å². The lowest BCUT2D eigenvalue weighted by Crippen LogP contribution is -2.48. The van der Waals surface area contributed by atoms with Crippen LogP contribution in [0.1, 0.15) is 47.0 Å². The van der Waals surface area contributed by atoms with E-state index in [1.165, 1.54) is 0 Å². The summed E-state index contributed by atoms with van der Waals surface area (Å²) < 4.78 is 0. The second-order valence-electron chi connectivity index (χ2n) is 5.61. The molecule has 3 atom stereocenters. The van der Waals surface area contributed by atoms with Crippen LogP contribution in [0.4, 0.5) is 0 Å². The van der Waals surface area contributed by atoms with E-state index in [0.717, 1.165) is 19.3 Å². The molecule has 0 bridgehead atoms. The van der Waals surface area contributed by atoms with Gasteiger partial charge in [-0.05, 0) is 37.5 Å². The van der Waals surface area contributed by atoms with Crippen LogP contribution >= 0.6 is 0 Å². The van der Waals surface area contributed by atoms with Gasteiger partial charge in [0.15, 0.2) is 0 Å². The van der Waals surface area contributed by atoms with Crippen molar-refractivity contribution in [2.45, 2.75) is 52.6 Å². The minimum atomic E-state index is -0.760. The molecule has 1 aliphatic rings. The van der Waals surface area contributed by atoms with Crippen molar-refractivity contribution in [1.82, 2.24) is 0 Å². The maximum atomic E-state index is 10.4. The van der Waals surface area contributed by atoms with E-state index in [0.29, 0.717) is 5.41 Å². The highest BCUT2D eigenvalue weighted by molar-refractivity contribution is 5.03. The van der Waals surface area contributed by atoms with E-state index in [2.05, 4.69) is 26.8 Å². The van der Waals surface area contributed by atoms with E-state index < -0.39 is 5.60 Å². The van der Waals surface area contributed by atoms with Gasteiger partial charge in [-0.25, -0.2) is 0 Å². The highest BCUT2D eigenvalue weighted by atomic mass is 16.3. The molecule has 1 aliphatic carbocycles. The van der Waals surface area contributed by atoms with Gasteiger partial charge in [0, 0.05) is 0 Å². The number of aliphatic hydroxyl groups is 1. The highest BCUT2D eigenvalue weighted by Crippen LogP contribution is 2.46. The molecular weight excluding hydrogens is 174 g/mol. The summed E-state index contributed by atoms with van der Waals surface area (Å²) >= 11 is 0. The zero-order valence-corrected chi connectivity index (χ0v) is 9.67. The zero-order valence-electron chi connectivity index (χ0n) is 9.67. The number of rotatable bonds is 1. The van der Waals surface area contributed by atoms with E-state index in [1.54, 1.807) is 0 Å². The van der Waals surface area contributed by atoms with Crippen LogP contribution in [0, 0.1) is 28.6 Å². The van der Waals surface area contributed by atoms with Crippen molar-refractivity contribution in [1.29, 1.82) is 5.26 Å². The van der Waals surface area contributed by atoms with Gasteiger partial charge in [-0.2, -0.15) is 5.26 Å². The molecule has 0 saturated heterocycles. The molecular formula is C12H21NO. The van der Waals surface area contributed by atoms with Crippen molar-refractivity contribution in [2.75, 3.05) is 0 Å². The van der Waals surface area contributed by atoms with Crippen molar-refractivity contribution in [2.24, 2.45) is 17.3 Å². The Morgan fingerprint density at radius 2 is 2.00 bits per heavy atom. The molecule has 0 aromatic rings. The highest BCUT2D eigenvalue weighted by Gasteiger charge is 2.45. The van der Waals surface area contributed by atoms with Gasteiger partial charge in [-0.3, -0.25) is 0 Å². The Morgan fingerprint density at radius 3 is 2.43 bits per heavy atom. The third kappa shape index (κ3) is 1.93. The largest absolute Gasteiger partial charge is 0.388 e. The van der Waals surface area contributed by atoms with E-state index in [1.807, 2.05) is 6.92 Å². The molecule has 1 fully saturated rings. The molecule has 0 aromatic carbocycles. The lowest BCUT2D eigenvalue weighted by atomic mass is 9.62. The Labute approximate surface area is 86.9 Å². The molecule has 0 aliphatic heterocycles. The van der Waals surface area contributed by atoms with Gasteiger partial charge in [-0.1, -0.05) is 20.8 Å². The first kappa shape index (κ1) is 11.5. The van der Waals surface area contributed by atoms with Crippen LogP contribution in [0.3, 0.4) is 0 Å². The third-order valence-electron chi connectivity index (χ3n) is 3.86. The Hall–Kier alpha value is -0.550. The van der Waals surface area contributed by atoms with Crippen molar-refractivity contribution < 1.29 is 5.11 Å². The van der Waals surface area contributed by atoms with Crippen LogP contribution in [0.25, 0.3) is 0 Å². The maximum Gasteiger partial charge on any atom is 0.0828 e. The van der Waals surface area contributed by atoms with Gasteiger partial charge in [0.25, 0.3) is 0 Å². The Balaban J connectivity index is 2.80. The molecule has 0 amide bonds. The van der Waals surface area contributed by atoms with Gasteiger partial charge < -0.3 is 5.11 Å². The summed E-state index contributed by atoms with van der Waals surface area (Å²) in [6.07, 6.45) is 2.78. The fourth-order valence-corrected chi connectivity index (χ4v) is 2.65. The monoisotopic (exact) mass is 195 g/mol. The first-order valence-electron chi connectivity index (χ1n) is 5.44. The lowest BCUT2D eigenvalue weighted by molar-refractivity contribution is -0.0936. The molecule has 0 heterocycles. The molecule has 2 heteroatoms. The first-order chi connectivity index (χ1) is 6.32. The number of nitrogens with zero attached hydrogens (tertiary/aromatic N) is 1. The minimum absolute atomic E-state index is 0.223. The molecule has 0 radical (unpaired) electrons. The van der Waals surface area contributed by atoms with E-state index in [-0.39, 0.29) is 11.8 Å². The SMILES string of the molecule is CC(C#N)C1(O)CCC(C)(C)CC1C. The Kier molecular flexibility index (Phi) is 2.92. The van der Waals surface area contributed by atoms with Crippen LogP contribution in [0.2, 0.25) is 0 Å². The molecule has 2 nitrogen and oxygen atoms in total. The summed E-state index contributed by atoms with van der Waals surface area (Å²) in [5.74, 6) is -0.0329. The second kappa shape index (κ2) is 3.55. The van der Waals surface area contributed by atoms with E-state index in [4.69, 9.17) is 5.26 Å². The normalized spacial score (nSPS) is 38.7. The van der Waals surface area contributed by atoms with Gasteiger partial charge in [0.2, 0.25) is 0 Å². The quantitative estimate of drug-likeness (QED) is 0.699. The molecule has 80 valence electrons. The summed E-state index contributed by atoms with van der Waals surface area (Å²) in [6.45, 7) is 8.36. The standard InChI is InChI=1S/C12H21NO/c1-9-7-11(3,4)5-6-12(9,14)10(2)8-13/h9-10,14H,5-7H2,1-4H3. The van der Waals surface area contributed by atoms with Crippen LogP contribution in [-0.4, -0.2) is 10.7 Å². The fraction of sp³-hybridized carbons (Fsp3) is 0.917. The summed E-state index contributed by atoms with van der Waals surface area (Å²) in [5.41, 5.74) is -0.439. The Bertz CT molecular complexity index is 254. The summed E-state index contributed by atoms with van der Waals surface area (Å²) in [5, 5.41) is 19.3. The molecule has 3 unspecified atom stereocenters. The molecule has 1 N–H and O–H groups in total. The fourth-order valence-electron chi connectivity index (χ4n) is 2.65. The molecule has 1 rings (SSSR count). The number of nitriles is 1. The summed E-state index contributed by atoms with van der Waals surface area (Å²) in [4.78, 5) is 0. The molecule has 0 spiro atoms. The maximum absolute atomic E-state index is 10.4. The van der Waals surface area contributed by atoms with Crippen LogP contribution in [-0.2, 0) is 0 Å². The average molecular weight is 195 g/mol. The van der Waals surface area contributed by atoms with Crippen molar-refractivity contribution in [3.8, 4) is 6.07 Å².